The molecule has 3 aromatic rings. The summed E-state index contributed by atoms with van der Waals surface area (Å²) in [5.41, 5.74) is 1.71. The highest BCUT2D eigenvalue weighted by molar-refractivity contribution is 7.10. The topological polar surface area (TPSA) is 97.5 Å². The third-order valence-corrected chi connectivity index (χ3v) is 6.97. The van der Waals surface area contributed by atoms with E-state index in [1.807, 2.05) is 55.6 Å². The number of benzene rings is 1. The zero-order valence-electron chi connectivity index (χ0n) is 20.1. The first-order valence-electron chi connectivity index (χ1n) is 11.8. The van der Waals surface area contributed by atoms with Crippen LogP contribution in [0.15, 0.2) is 42.0 Å². The van der Waals surface area contributed by atoms with Gasteiger partial charge in [0.05, 0.1) is 11.9 Å². The maximum absolute atomic E-state index is 13.5. The minimum absolute atomic E-state index is 0.0324. The lowest BCUT2D eigenvalue weighted by Crippen LogP contribution is -2.42. The largest absolute Gasteiger partial charge is 0.511 e. The first-order chi connectivity index (χ1) is 16.8. The van der Waals surface area contributed by atoms with Gasteiger partial charge in [-0.1, -0.05) is 25.1 Å². The number of ether oxygens (including phenoxy) is 1. The third-order valence-electron chi connectivity index (χ3n) is 6.23. The van der Waals surface area contributed by atoms with Crippen molar-refractivity contribution in [3.8, 4) is 11.4 Å². The Bertz CT molecular complexity index is 1180. The van der Waals surface area contributed by atoms with E-state index in [1.165, 1.54) is 6.20 Å². The van der Waals surface area contributed by atoms with Crippen molar-refractivity contribution in [3.05, 3.63) is 52.6 Å². The summed E-state index contributed by atoms with van der Waals surface area (Å²) >= 11 is 1.56. The Morgan fingerprint density at radius 2 is 1.89 bits per heavy atom. The lowest BCUT2D eigenvalue weighted by molar-refractivity contribution is -0.124. The minimum atomic E-state index is -1.45. The molecule has 1 aliphatic rings. The summed E-state index contributed by atoms with van der Waals surface area (Å²) in [5, 5.41) is 16.8. The second-order valence-corrected chi connectivity index (χ2v) is 10.1. The van der Waals surface area contributed by atoms with Gasteiger partial charge in [0.1, 0.15) is 5.01 Å². The van der Waals surface area contributed by atoms with Crippen LogP contribution in [0.1, 0.15) is 57.0 Å². The Morgan fingerprint density at radius 1 is 1.17 bits per heavy atom. The predicted molar refractivity (Wildman–Crippen MR) is 137 cm³/mol. The molecule has 2 aromatic heterocycles. The van der Waals surface area contributed by atoms with Crippen LogP contribution in [0.25, 0.3) is 17.8 Å². The fraction of sp³-hybridized carbons (Fsp3) is 0.385. The van der Waals surface area contributed by atoms with Gasteiger partial charge in [-0.25, -0.2) is 14.5 Å². The number of carbonyl (C=O) groups is 2. The Kier molecular flexibility index (Phi) is 7.65. The Balaban J connectivity index is 1.62. The molecule has 1 fully saturated rings. The summed E-state index contributed by atoms with van der Waals surface area (Å²) in [5.74, 6) is 0.752. The smallest absolute Gasteiger partial charge is 0.449 e. The molecule has 35 heavy (non-hydrogen) atoms. The van der Waals surface area contributed by atoms with Crippen LogP contribution < -0.4 is 9.64 Å². The van der Waals surface area contributed by atoms with Gasteiger partial charge in [-0.2, -0.15) is 0 Å². The standard InChI is InChI=1S/C26H30N4O4S/c1-17(2)30(25(31)20-9-4-18(3)5-10-20)24-22(34-26(32)33)16-29(28-24)21-11-6-19(7-12-21)8-13-23-27-14-15-35-23/h6-8,11-18,20H,4-5,9-10H2,1-3H3,(H,32,33)/b13-8+. The van der Waals surface area contributed by atoms with E-state index in [2.05, 4.69) is 17.0 Å². The van der Waals surface area contributed by atoms with Gasteiger partial charge in [0.2, 0.25) is 11.7 Å². The van der Waals surface area contributed by atoms with Crippen LogP contribution in [0.4, 0.5) is 10.6 Å². The molecule has 0 aliphatic heterocycles. The van der Waals surface area contributed by atoms with E-state index in [1.54, 1.807) is 27.1 Å². The maximum Gasteiger partial charge on any atom is 0.511 e. The molecule has 0 radical (unpaired) electrons. The molecule has 1 aromatic carbocycles. The quantitative estimate of drug-likeness (QED) is 0.397. The highest BCUT2D eigenvalue weighted by atomic mass is 32.1. The number of nitrogens with zero attached hydrogens (tertiary/aromatic N) is 4. The summed E-state index contributed by atoms with van der Waals surface area (Å²) < 4.78 is 6.61. The van der Waals surface area contributed by atoms with Crippen molar-refractivity contribution < 1.29 is 19.4 Å². The van der Waals surface area contributed by atoms with Crippen LogP contribution in [0.2, 0.25) is 0 Å². The molecule has 184 valence electrons. The van der Waals surface area contributed by atoms with Crippen molar-refractivity contribution in [1.29, 1.82) is 0 Å². The number of thiazole rings is 1. The van der Waals surface area contributed by atoms with Crippen LogP contribution in [-0.4, -0.2) is 38.0 Å². The molecule has 4 rings (SSSR count). The van der Waals surface area contributed by atoms with Gasteiger partial charge in [-0.05, 0) is 69.2 Å². The zero-order chi connectivity index (χ0) is 24.9. The van der Waals surface area contributed by atoms with Crippen LogP contribution in [0.5, 0.6) is 5.75 Å². The van der Waals surface area contributed by atoms with Gasteiger partial charge in [-0.15, -0.1) is 16.4 Å². The summed E-state index contributed by atoms with van der Waals surface area (Å²) in [6.07, 6.45) is 9.43. The number of amides is 1. The molecule has 0 spiro atoms. The Morgan fingerprint density at radius 3 is 2.49 bits per heavy atom. The van der Waals surface area contributed by atoms with Crippen molar-refractivity contribution in [2.75, 3.05) is 4.90 Å². The first-order valence-corrected chi connectivity index (χ1v) is 12.7. The molecule has 0 unspecified atom stereocenters. The second kappa shape index (κ2) is 10.9. The monoisotopic (exact) mass is 494 g/mol. The van der Waals surface area contributed by atoms with Gasteiger partial charge < -0.3 is 9.84 Å². The molecule has 1 aliphatic carbocycles. The second-order valence-electron chi connectivity index (χ2n) is 9.18. The highest BCUT2D eigenvalue weighted by Gasteiger charge is 2.34. The molecular formula is C26H30N4O4S. The minimum Gasteiger partial charge on any atom is -0.449 e. The predicted octanol–water partition coefficient (Wildman–Crippen LogP) is 6.12. The molecule has 8 nitrogen and oxygen atoms in total. The average molecular weight is 495 g/mol. The van der Waals surface area contributed by atoms with Gasteiger partial charge in [-0.3, -0.25) is 9.69 Å². The first kappa shape index (κ1) is 24.7. The van der Waals surface area contributed by atoms with Gasteiger partial charge in [0, 0.05) is 23.5 Å². The van der Waals surface area contributed by atoms with E-state index in [-0.39, 0.29) is 29.4 Å². The van der Waals surface area contributed by atoms with Crippen LogP contribution in [-0.2, 0) is 4.79 Å². The molecule has 1 N–H and O–H groups in total. The lowest BCUT2D eigenvalue weighted by atomic mass is 9.82. The molecule has 0 saturated heterocycles. The number of hydrogen-bond acceptors (Lipinski definition) is 6. The van der Waals surface area contributed by atoms with Gasteiger partial charge >= 0.3 is 6.16 Å². The van der Waals surface area contributed by atoms with Crippen molar-refractivity contribution in [3.63, 3.8) is 0 Å². The molecule has 1 saturated carbocycles. The molecule has 1 amide bonds. The summed E-state index contributed by atoms with van der Waals surface area (Å²) in [6.45, 7) is 6.01. The number of carbonyl (C=O) groups excluding carboxylic acids is 1. The van der Waals surface area contributed by atoms with E-state index in [9.17, 15) is 14.7 Å². The number of carboxylic acid groups (broad SMARTS) is 1. The van der Waals surface area contributed by atoms with Gasteiger partial charge in [0.25, 0.3) is 0 Å². The van der Waals surface area contributed by atoms with Crippen molar-refractivity contribution in [1.82, 2.24) is 14.8 Å². The summed E-state index contributed by atoms with van der Waals surface area (Å²) in [4.78, 5) is 30.7. The number of aromatic nitrogens is 3. The summed E-state index contributed by atoms with van der Waals surface area (Å²) in [7, 11) is 0. The molecule has 9 heteroatoms. The zero-order valence-corrected chi connectivity index (χ0v) is 20.9. The van der Waals surface area contributed by atoms with Crippen molar-refractivity contribution in [2.24, 2.45) is 11.8 Å². The highest BCUT2D eigenvalue weighted by Crippen LogP contribution is 2.35. The third kappa shape index (κ3) is 5.97. The van der Waals surface area contributed by atoms with Crippen molar-refractivity contribution in [2.45, 2.75) is 52.5 Å². The van der Waals surface area contributed by atoms with E-state index >= 15 is 0 Å². The molecule has 0 atom stereocenters. The number of hydrogen-bond donors (Lipinski definition) is 1. The molecular weight excluding hydrogens is 464 g/mol. The fourth-order valence-corrected chi connectivity index (χ4v) is 4.87. The van der Waals surface area contributed by atoms with Crippen molar-refractivity contribution >= 4 is 41.4 Å². The van der Waals surface area contributed by atoms with Gasteiger partial charge in [0.15, 0.2) is 5.75 Å². The van der Waals surface area contributed by atoms with E-state index < -0.39 is 6.16 Å². The number of rotatable bonds is 7. The molecule has 2 heterocycles. The lowest BCUT2D eigenvalue weighted by Gasteiger charge is -2.32. The SMILES string of the molecule is CC1CCC(C(=O)N(c2nn(-c3ccc(/C=C/c4nccs4)cc3)cc2OC(=O)O)C(C)C)CC1. The Labute approximate surface area is 208 Å². The van der Waals surface area contributed by atoms with Crippen LogP contribution in [0.3, 0.4) is 0 Å². The maximum atomic E-state index is 13.5. The molecule has 0 bridgehead atoms. The van der Waals surface area contributed by atoms with E-state index in [4.69, 9.17) is 4.74 Å². The van der Waals surface area contributed by atoms with Crippen LogP contribution in [0, 0.1) is 11.8 Å². The average Bonchev–Trinajstić information content (AvgIpc) is 3.49. The van der Waals surface area contributed by atoms with E-state index in [0.29, 0.717) is 5.92 Å². The fourth-order valence-electron chi connectivity index (χ4n) is 4.34. The Hall–Kier alpha value is -3.46. The van der Waals surface area contributed by atoms with E-state index in [0.717, 1.165) is 41.9 Å². The van der Waals surface area contributed by atoms with Crippen LogP contribution >= 0.6 is 11.3 Å². The number of anilines is 1. The summed E-state index contributed by atoms with van der Waals surface area (Å²) in [6, 6.07) is 7.43. The normalized spacial score (nSPS) is 18.2.